The van der Waals surface area contributed by atoms with Crippen molar-refractivity contribution in [2.24, 2.45) is 0 Å². The highest BCUT2D eigenvalue weighted by molar-refractivity contribution is 7.00. The second-order valence-electron chi connectivity index (χ2n) is 24.3. The predicted octanol–water partition coefficient (Wildman–Crippen LogP) is 20.7. The van der Waals surface area contributed by atoms with Crippen molar-refractivity contribution >= 4 is 144 Å². The molecule has 412 valence electrons. The predicted molar refractivity (Wildman–Crippen MR) is 380 cm³/mol. The number of benzene rings is 16. The highest BCUT2D eigenvalue weighted by atomic mass is 15.2. The molecule has 17 aromatic rings. The Labute approximate surface area is 515 Å². The van der Waals surface area contributed by atoms with Crippen LogP contribution in [0.4, 0.5) is 34.1 Å². The van der Waals surface area contributed by atoms with Gasteiger partial charge in [0.05, 0.1) is 11.0 Å². The van der Waals surface area contributed by atoms with Crippen molar-refractivity contribution in [3.8, 4) is 27.9 Å². The van der Waals surface area contributed by atoms with Gasteiger partial charge in [-0.25, -0.2) is 0 Å². The molecule has 0 bridgehead atoms. The lowest BCUT2D eigenvalue weighted by Gasteiger charge is -2.45. The molecule has 89 heavy (non-hydrogen) atoms. The number of para-hydroxylation sites is 2. The minimum absolute atomic E-state index is 0.128. The zero-order valence-electron chi connectivity index (χ0n) is 48.6. The van der Waals surface area contributed by atoms with E-state index < -0.39 is 0 Å². The maximum absolute atomic E-state index is 2.64. The van der Waals surface area contributed by atoms with E-state index >= 15 is 0 Å². The monoisotopic (exact) mass is 1130 g/mol. The second-order valence-corrected chi connectivity index (χ2v) is 24.3. The Bertz CT molecular complexity index is 5670. The highest BCUT2D eigenvalue weighted by Crippen LogP contribution is 2.49. The van der Waals surface area contributed by atoms with Crippen LogP contribution in [0.15, 0.2) is 315 Å². The fourth-order valence-corrected chi connectivity index (χ4v) is 15.6. The summed E-state index contributed by atoms with van der Waals surface area (Å²) in [6.07, 6.45) is 0.721. The SMILES string of the molecule is c1ccc(-c2ccc(N3c4ccc(-c5ccccc5)cc4B4c5ccc(-n6c7ccccc7c7ccccc76)cc5N(c5ccc6c7ccccc7c7ccccc7c6c5)c5cc(Cc6ccc7c8ccccc8c8ccccc8c7c6)cc3c54)cc2)cc1. The number of fused-ring (bicyclic) bond motifs is 19. The van der Waals surface area contributed by atoms with Gasteiger partial charge in [-0.2, -0.15) is 0 Å². The molecule has 4 heteroatoms. The number of hydrogen-bond acceptors (Lipinski definition) is 2. The Balaban J connectivity index is 0.914. The zero-order chi connectivity index (χ0) is 58.3. The van der Waals surface area contributed by atoms with Crippen molar-refractivity contribution in [2.45, 2.75) is 6.42 Å². The molecule has 0 unspecified atom stereocenters. The summed E-state index contributed by atoms with van der Waals surface area (Å²) in [4.78, 5) is 5.21. The zero-order valence-corrected chi connectivity index (χ0v) is 48.6. The maximum Gasteiger partial charge on any atom is 0.252 e. The van der Waals surface area contributed by atoms with Gasteiger partial charge in [0.1, 0.15) is 0 Å². The fourth-order valence-electron chi connectivity index (χ4n) is 15.6. The molecule has 16 aromatic carbocycles. The van der Waals surface area contributed by atoms with E-state index in [2.05, 4.69) is 330 Å². The molecule has 3 nitrogen and oxygen atoms in total. The standard InChI is InChI=1S/C85H54BN3/c1-3-19-56(20-4-1)58-36-39-60(40-37-58)87-81-46-38-59(57-21-5-2-6-22-57)51-78(81)86-77-45-42-62(88-79-33-17-15-31-73(79)74-32-16-18-34-80(74)88)53-82(77)89(61-41-44-72-68-28-10-8-24-64(68)66-26-12-14-30-70(66)76(72)52-61)84-50-55(49-83(87)85(84)86)47-54-35-43-71-67-27-9-7-23-63(67)65-25-11-13-29-69(65)75(71)48-54/h1-46,48-53H,47H2. The van der Waals surface area contributed by atoms with Crippen molar-refractivity contribution < 1.29 is 0 Å². The van der Waals surface area contributed by atoms with Gasteiger partial charge in [0.25, 0.3) is 6.71 Å². The van der Waals surface area contributed by atoms with Gasteiger partial charge in [-0.1, -0.05) is 249 Å². The van der Waals surface area contributed by atoms with E-state index in [9.17, 15) is 0 Å². The third kappa shape index (κ3) is 7.60. The lowest BCUT2D eigenvalue weighted by molar-refractivity contribution is 1.16. The van der Waals surface area contributed by atoms with Gasteiger partial charge in [-0.05, 0) is 188 Å². The third-order valence-electron chi connectivity index (χ3n) is 19.5. The molecule has 0 radical (unpaired) electrons. The molecule has 0 atom stereocenters. The van der Waals surface area contributed by atoms with E-state index in [0.29, 0.717) is 0 Å². The summed E-state index contributed by atoms with van der Waals surface area (Å²) in [5.41, 5.74) is 21.5. The molecule has 19 rings (SSSR count). The van der Waals surface area contributed by atoms with Crippen molar-refractivity contribution in [3.05, 3.63) is 327 Å². The van der Waals surface area contributed by atoms with Gasteiger partial charge in [0.2, 0.25) is 0 Å². The average Bonchev–Trinajstić information content (AvgIpc) is 1.29. The molecule has 0 aliphatic carbocycles. The first-order valence-corrected chi connectivity index (χ1v) is 31.0. The van der Waals surface area contributed by atoms with Gasteiger partial charge >= 0.3 is 0 Å². The van der Waals surface area contributed by atoms with E-state index in [-0.39, 0.29) is 6.71 Å². The Kier molecular flexibility index (Phi) is 10.9. The van der Waals surface area contributed by atoms with Crippen molar-refractivity contribution in [2.75, 3.05) is 9.80 Å². The number of aromatic nitrogens is 1. The number of hydrogen-bond donors (Lipinski definition) is 0. The first kappa shape index (κ1) is 49.8. The van der Waals surface area contributed by atoms with E-state index in [0.717, 1.165) is 29.2 Å². The summed E-state index contributed by atoms with van der Waals surface area (Å²) < 4.78 is 2.48. The van der Waals surface area contributed by atoms with Crippen LogP contribution in [0.2, 0.25) is 0 Å². The minimum atomic E-state index is -0.128. The highest BCUT2D eigenvalue weighted by Gasteiger charge is 2.44. The number of anilines is 6. The first-order valence-electron chi connectivity index (χ1n) is 31.0. The van der Waals surface area contributed by atoms with Crippen LogP contribution in [0, 0.1) is 0 Å². The minimum Gasteiger partial charge on any atom is -0.311 e. The molecular formula is C85H54BN3. The van der Waals surface area contributed by atoms with Crippen molar-refractivity contribution in [3.63, 3.8) is 0 Å². The van der Waals surface area contributed by atoms with E-state index in [1.807, 2.05) is 0 Å². The summed E-state index contributed by atoms with van der Waals surface area (Å²) >= 11 is 0. The van der Waals surface area contributed by atoms with Gasteiger partial charge < -0.3 is 14.4 Å². The van der Waals surface area contributed by atoms with Crippen LogP contribution in [0.3, 0.4) is 0 Å². The summed E-state index contributed by atoms with van der Waals surface area (Å²) in [5.74, 6) is 0. The van der Waals surface area contributed by atoms with E-state index in [4.69, 9.17) is 0 Å². The quantitative estimate of drug-likeness (QED) is 0.116. The Morgan fingerprint density at radius 3 is 1.20 bits per heavy atom. The lowest BCUT2D eigenvalue weighted by atomic mass is 9.33. The van der Waals surface area contributed by atoms with Gasteiger partial charge in [-0.3, -0.25) is 0 Å². The molecule has 2 aliphatic heterocycles. The molecule has 0 N–H and O–H groups in total. The van der Waals surface area contributed by atoms with Crippen LogP contribution >= 0.6 is 0 Å². The Morgan fingerprint density at radius 1 is 0.225 bits per heavy atom. The summed E-state index contributed by atoms with van der Waals surface area (Å²) in [6, 6.07) is 119. The largest absolute Gasteiger partial charge is 0.311 e. The topological polar surface area (TPSA) is 11.4 Å². The first-order chi connectivity index (χ1) is 44.1. The summed E-state index contributed by atoms with van der Waals surface area (Å²) in [5, 5.41) is 17.7. The molecule has 1 aromatic heterocycles. The third-order valence-corrected chi connectivity index (χ3v) is 19.5. The lowest BCUT2D eigenvalue weighted by Crippen LogP contribution is -2.61. The van der Waals surface area contributed by atoms with Crippen LogP contribution < -0.4 is 26.2 Å². The van der Waals surface area contributed by atoms with Gasteiger partial charge in [0, 0.05) is 50.6 Å². The fraction of sp³-hybridized carbons (Fsp3) is 0.0118. The molecule has 0 fully saturated rings. The molecule has 0 amide bonds. The van der Waals surface area contributed by atoms with Crippen molar-refractivity contribution in [1.29, 1.82) is 0 Å². The van der Waals surface area contributed by atoms with Crippen molar-refractivity contribution in [1.82, 2.24) is 4.57 Å². The van der Waals surface area contributed by atoms with Crippen LogP contribution in [0.25, 0.3) is 114 Å². The van der Waals surface area contributed by atoms with Crippen LogP contribution in [0.5, 0.6) is 0 Å². The molecule has 2 aliphatic rings. The number of nitrogens with zero attached hydrogens (tertiary/aromatic N) is 3. The Hall–Kier alpha value is -11.5. The Morgan fingerprint density at radius 2 is 0.640 bits per heavy atom. The molecule has 0 saturated carbocycles. The molecule has 0 saturated heterocycles. The van der Waals surface area contributed by atoms with E-state index in [1.165, 1.54) is 153 Å². The molecular weight excluding hydrogens is 1070 g/mol. The average molecular weight is 1130 g/mol. The summed E-state index contributed by atoms with van der Waals surface area (Å²) in [6.45, 7) is -0.128. The normalized spacial score (nSPS) is 12.7. The van der Waals surface area contributed by atoms with Crippen LogP contribution in [-0.2, 0) is 6.42 Å². The smallest absolute Gasteiger partial charge is 0.252 e. The van der Waals surface area contributed by atoms with Crippen LogP contribution in [-0.4, -0.2) is 11.3 Å². The second kappa shape index (κ2) is 19.5. The summed E-state index contributed by atoms with van der Waals surface area (Å²) in [7, 11) is 0. The molecule has 0 spiro atoms. The van der Waals surface area contributed by atoms with Crippen LogP contribution in [0.1, 0.15) is 11.1 Å². The maximum atomic E-state index is 2.64. The number of rotatable bonds is 7. The van der Waals surface area contributed by atoms with E-state index in [1.54, 1.807) is 0 Å². The van der Waals surface area contributed by atoms with Gasteiger partial charge in [0.15, 0.2) is 0 Å². The molecule has 3 heterocycles. The van der Waals surface area contributed by atoms with Gasteiger partial charge in [-0.15, -0.1) is 0 Å².